The van der Waals surface area contributed by atoms with Crippen molar-refractivity contribution in [3.63, 3.8) is 0 Å². The highest BCUT2D eigenvalue weighted by molar-refractivity contribution is 6.11. The number of allylic oxidation sites excluding steroid dienone is 2. The molecule has 1 N–H and O–H groups in total. The van der Waals surface area contributed by atoms with E-state index in [4.69, 9.17) is 0 Å². The number of halogens is 3. The fraction of sp³-hybridized carbons (Fsp3) is 0.412. The Morgan fingerprint density at radius 2 is 1.87 bits per heavy atom. The van der Waals surface area contributed by atoms with Crippen LogP contribution in [0.5, 0.6) is 0 Å². The van der Waals surface area contributed by atoms with Crippen LogP contribution in [-0.2, 0) is 21.2 Å². The number of amides is 2. The highest BCUT2D eigenvalue weighted by Crippen LogP contribution is 2.49. The van der Waals surface area contributed by atoms with Crippen molar-refractivity contribution in [2.75, 3.05) is 0 Å². The average molecular weight is 323 g/mol. The normalized spacial score (nSPS) is 28.0. The Morgan fingerprint density at radius 1 is 1.17 bits per heavy atom. The minimum atomic E-state index is -4.49. The van der Waals surface area contributed by atoms with Crippen LogP contribution >= 0.6 is 0 Å². The SMILES string of the molecule is CC1=C(C)CC2(c3cccc(C(F)(F)F)c3)C(=O)NC(=O)C2C1. The van der Waals surface area contributed by atoms with Gasteiger partial charge in [0.1, 0.15) is 0 Å². The maximum Gasteiger partial charge on any atom is 0.416 e. The van der Waals surface area contributed by atoms with Crippen LogP contribution in [0.1, 0.15) is 37.8 Å². The maximum absolute atomic E-state index is 13.0. The van der Waals surface area contributed by atoms with Crippen molar-refractivity contribution >= 4 is 11.8 Å². The Kier molecular flexibility index (Phi) is 3.39. The summed E-state index contributed by atoms with van der Waals surface area (Å²) >= 11 is 0. The molecule has 2 atom stereocenters. The second-order valence-electron chi connectivity index (χ2n) is 6.36. The molecule has 122 valence electrons. The lowest BCUT2D eigenvalue weighted by Crippen LogP contribution is -2.42. The molecule has 1 aromatic carbocycles. The standard InChI is InChI=1S/C17H16F3NO2/c1-9-6-13-14(22)21-15(23)16(13,8-10(9)2)11-4-3-5-12(7-11)17(18,19)20/h3-5,7,13H,6,8H2,1-2H3,(H,21,22,23). The molecule has 1 saturated heterocycles. The van der Waals surface area contributed by atoms with Gasteiger partial charge in [-0.1, -0.05) is 29.3 Å². The zero-order chi connectivity index (χ0) is 17.0. The third-order valence-corrected chi connectivity index (χ3v) is 5.04. The molecule has 0 radical (unpaired) electrons. The molecule has 0 spiro atoms. The van der Waals surface area contributed by atoms with Crippen molar-refractivity contribution in [2.45, 2.75) is 38.3 Å². The van der Waals surface area contributed by atoms with E-state index < -0.39 is 34.9 Å². The summed E-state index contributed by atoms with van der Waals surface area (Å²) in [5.74, 6) is -1.56. The molecule has 0 bridgehead atoms. The van der Waals surface area contributed by atoms with Crippen LogP contribution in [0.2, 0.25) is 0 Å². The summed E-state index contributed by atoms with van der Waals surface area (Å²) in [6, 6.07) is 4.77. The van der Waals surface area contributed by atoms with Crippen LogP contribution in [0.4, 0.5) is 13.2 Å². The van der Waals surface area contributed by atoms with E-state index in [1.165, 1.54) is 12.1 Å². The van der Waals surface area contributed by atoms with Crippen molar-refractivity contribution in [1.82, 2.24) is 5.32 Å². The molecular formula is C17H16F3NO2. The lowest BCUT2D eigenvalue weighted by atomic mass is 9.62. The quantitative estimate of drug-likeness (QED) is 0.636. The van der Waals surface area contributed by atoms with Gasteiger partial charge in [-0.2, -0.15) is 13.2 Å². The minimum absolute atomic E-state index is 0.257. The molecule has 0 aromatic heterocycles. The summed E-state index contributed by atoms with van der Waals surface area (Å²) < 4.78 is 39.0. The molecule has 3 nitrogen and oxygen atoms in total. The van der Waals surface area contributed by atoms with Crippen molar-refractivity contribution in [1.29, 1.82) is 0 Å². The number of rotatable bonds is 1. The van der Waals surface area contributed by atoms with Crippen LogP contribution < -0.4 is 5.32 Å². The van der Waals surface area contributed by atoms with Gasteiger partial charge in [0.25, 0.3) is 0 Å². The van der Waals surface area contributed by atoms with E-state index >= 15 is 0 Å². The van der Waals surface area contributed by atoms with Crippen molar-refractivity contribution in [2.24, 2.45) is 5.92 Å². The van der Waals surface area contributed by atoms with E-state index in [-0.39, 0.29) is 12.0 Å². The van der Waals surface area contributed by atoms with Crippen molar-refractivity contribution in [3.8, 4) is 0 Å². The van der Waals surface area contributed by atoms with Gasteiger partial charge in [0.15, 0.2) is 0 Å². The number of carbonyl (C=O) groups excluding carboxylic acids is 2. The van der Waals surface area contributed by atoms with Gasteiger partial charge < -0.3 is 0 Å². The number of benzene rings is 1. The Labute approximate surface area is 131 Å². The van der Waals surface area contributed by atoms with Crippen LogP contribution in [0.25, 0.3) is 0 Å². The van der Waals surface area contributed by atoms with Gasteiger partial charge in [0.2, 0.25) is 11.8 Å². The van der Waals surface area contributed by atoms with Crippen LogP contribution in [0, 0.1) is 5.92 Å². The van der Waals surface area contributed by atoms with E-state index in [0.29, 0.717) is 6.42 Å². The molecule has 23 heavy (non-hydrogen) atoms. The van der Waals surface area contributed by atoms with E-state index in [0.717, 1.165) is 23.3 Å². The number of alkyl halides is 3. The summed E-state index contributed by atoms with van der Waals surface area (Å²) in [7, 11) is 0. The monoisotopic (exact) mass is 323 g/mol. The molecule has 3 rings (SSSR count). The largest absolute Gasteiger partial charge is 0.416 e. The third-order valence-electron chi connectivity index (χ3n) is 5.04. The zero-order valence-corrected chi connectivity index (χ0v) is 12.8. The fourth-order valence-corrected chi connectivity index (χ4v) is 3.62. The predicted molar refractivity (Wildman–Crippen MR) is 77.4 cm³/mol. The highest BCUT2D eigenvalue weighted by Gasteiger charge is 2.57. The number of imide groups is 1. The van der Waals surface area contributed by atoms with E-state index in [9.17, 15) is 22.8 Å². The lowest BCUT2D eigenvalue weighted by molar-refractivity contribution is -0.138. The molecule has 2 amide bonds. The predicted octanol–water partition coefficient (Wildman–Crippen LogP) is 3.35. The zero-order valence-electron chi connectivity index (χ0n) is 12.8. The first kappa shape index (κ1) is 15.8. The van der Waals surface area contributed by atoms with E-state index in [1.54, 1.807) is 0 Å². The minimum Gasteiger partial charge on any atom is -0.295 e. The van der Waals surface area contributed by atoms with Crippen LogP contribution in [-0.4, -0.2) is 11.8 Å². The number of hydrogen-bond acceptors (Lipinski definition) is 2. The van der Waals surface area contributed by atoms with Gasteiger partial charge in [-0.15, -0.1) is 0 Å². The first-order valence-electron chi connectivity index (χ1n) is 7.34. The molecule has 0 saturated carbocycles. The molecule has 6 heteroatoms. The van der Waals surface area contributed by atoms with Gasteiger partial charge in [0, 0.05) is 0 Å². The Bertz CT molecular complexity index is 736. The van der Waals surface area contributed by atoms with Gasteiger partial charge in [-0.3, -0.25) is 14.9 Å². The number of carbonyl (C=O) groups is 2. The number of fused-ring (bicyclic) bond motifs is 1. The van der Waals surface area contributed by atoms with Gasteiger partial charge in [0.05, 0.1) is 16.9 Å². The van der Waals surface area contributed by atoms with Gasteiger partial charge in [-0.25, -0.2) is 0 Å². The summed E-state index contributed by atoms with van der Waals surface area (Å²) in [5, 5.41) is 2.31. The Hall–Kier alpha value is -2.11. The molecule has 1 fully saturated rings. The smallest absolute Gasteiger partial charge is 0.295 e. The summed E-state index contributed by atoms with van der Waals surface area (Å²) in [6.07, 6.45) is -3.83. The van der Waals surface area contributed by atoms with Gasteiger partial charge in [-0.05, 0) is 38.3 Å². The summed E-state index contributed by atoms with van der Waals surface area (Å²) in [4.78, 5) is 24.7. The van der Waals surface area contributed by atoms with Crippen LogP contribution in [0.3, 0.4) is 0 Å². The molecule has 1 aliphatic heterocycles. The third kappa shape index (κ3) is 2.28. The van der Waals surface area contributed by atoms with Crippen molar-refractivity contribution < 1.29 is 22.8 Å². The first-order valence-corrected chi connectivity index (χ1v) is 7.34. The molecule has 1 heterocycles. The maximum atomic E-state index is 13.0. The molecule has 2 aliphatic rings. The Balaban J connectivity index is 2.19. The van der Waals surface area contributed by atoms with Crippen LogP contribution in [0.15, 0.2) is 35.4 Å². The summed E-state index contributed by atoms with van der Waals surface area (Å²) in [5.41, 5.74) is 0.180. The van der Waals surface area contributed by atoms with Crippen molar-refractivity contribution in [3.05, 3.63) is 46.5 Å². The molecule has 1 aliphatic carbocycles. The molecule has 2 unspecified atom stereocenters. The molecular weight excluding hydrogens is 307 g/mol. The highest BCUT2D eigenvalue weighted by atomic mass is 19.4. The second-order valence-corrected chi connectivity index (χ2v) is 6.36. The second kappa shape index (κ2) is 4.94. The summed E-state index contributed by atoms with van der Waals surface area (Å²) in [6.45, 7) is 3.75. The Morgan fingerprint density at radius 3 is 2.52 bits per heavy atom. The number of nitrogens with one attached hydrogen (secondary N) is 1. The fourth-order valence-electron chi connectivity index (χ4n) is 3.62. The first-order chi connectivity index (χ1) is 10.7. The van der Waals surface area contributed by atoms with E-state index in [1.807, 2.05) is 13.8 Å². The van der Waals surface area contributed by atoms with Gasteiger partial charge >= 0.3 is 6.18 Å². The average Bonchev–Trinajstić information content (AvgIpc) is 2.71. The molecule has 1 aromatic rings. The topological polar surface area (TPSA) is 46.2 Å². The lowest BCUT2D eigenvalue weighted by Gasteiger charge is -2.37. The number of hydrogen-bond donors (Lipinski definition) is 1. The van der Waals surface area contributed by atoms with E-state index in [2.05, 4.69) is 5.32 Å².